The van der Waals surface area contributed by atoms with E-state index in [-0.39, 0.29) is 11.0 Å². The second kappa shape index (κ2) is 7.59. The van der Waals surface area contributed by atoms with Gasteiger partial charge in [0, 0.05) is 23.8 Å². The molecule has 0 spiro atoms. The maximum absolute atomic E-state index is 12.1. The Morgan fingerprint density at radius 2 is 2.04 bits per heavy atom. The lowest BCUT2D eigenvalue weighted by Gasteiger charge is -2.12. The molecule has 0 radical (unpaired) electrons. The van der Waals surface area contributed by atoms with Gasteiger partial charge in [-0.3, -0.25) is 10.3 Å². The lowest BCUT2D eigenvalue weighted by Crippen LogP contribution is -2.18. The lowest BCUT2D eigenvalue weighted by molar-refractivity contribution is 0.213. The minimum atomic E-state index is -0.686. The summed E-state index contributed by atoms with van der Waals surface area (Å²) in [5, 5.41) is 5.96. The molecule has 1 amide bonds. The molecular weight excluding hydrogens is 342 g/mol. The smallest absolute Gasteiger partial charge is 0.389 e. The Kier molecular flexibility index (Phi) is 5.06. The molecule has 0 aliphatic carbocycles. The quantitative estimate of drug-likeness (QED) is 0.682. The van der Waals surface area contributed by atoms with E-state index in [1.54, 1.807) is 37.5 Å². The van der Waals surface area contributed by atoms with E-state index in [4.69, 9.17) is 16.3 Å². The average Bonchev–Trinajstić information content (AvgIpc) is 2.58. The van der Waals surface area contributed by atoms with Gasteiger partial charge in [0.05, 0.1) is 11.9 Å². The van der Waals surface area contributed by atoms with E-state index in [9.17, 15) is 4.79 Å². The maximum Gasteiger partial charge on any atom is 0.418 e. The van der Waals surface area contributed by atoms with Crippen LogP contribution in [0.1, 0.15) is 5.69 Å². The zero-order chi connectivity index (χ0) is 17.6. The molecule has 3 rings (SSSR count). The zero-order valence-electron chi connectivity index (χ0n) is 13.2. The van der Waals surface area contributed by atoms with Crippen LogP contribution in [-0.4, -0.2) is 21.0 Å². The molecule has 0 bridgehead atoms. The first-order valence-electron chi connectivity index (χ1n) is 7.35. The number of pyridine rings is 3. The molecule has 0 aliphatic rings. The van der Waals surface area contributed by atoms with Crippen LogP contribution in [0.3, 0.4) is 0 Å². The Bertz CT molecular complexity index is 889. The fraction of sp³-hybridized carbons (Fsp3) is 0.0588. The molecule has 0 unspecified atom stereocenters. The molecule has 0 fully saturated rings. The molecule has 2 N–H and O–H groups in total. The third-order valence-corrected chi connectivity index (χ3v) is 3.31. The van der Waals surface area contributed by atoms with Gasteiger partial charge < -0.3 is 10.1 Å². The zero-order valence-corrected chi connectivity index (χ0v) is 14.0. The van der Waals surface area contributed by atoms with Crippen LogP contribution in [0.15, 0.2) is 55.0 Å². The number of carbonyl (C=O) groups excluding carboxylic acids is 1. The molecular formula is C17H14ClN5O2. The van der Waals surface area contributed by atoms with E-state index in [1.807, 2.05) is 12.1 Å². The highest BCUT2D eigenvalue weighted by Gasteiger charge is 2.12. The molecule has 0 aliphatic heterocycles. The molecule has 3 aromatic rings. The van der Waals surface area contributed by atoms with Crippen LogP contribution in [0.25, 0.3) is 0 Å². The average molecular weight is 356 g/mol. The van der Waals surface area contributed by atoms with Crippen LogP contribution in [0.5, 0.6) is 5.88 Å². The molecule has 3 heterocycles. The van der Waals surface area contributed by atoms with Gasteiger partial charge in [0.15, 0.2) is 0 Å². The van der Waals surface area contributed by atoms with Crippen LogP contribution in [-0.2, 0) is 0 Å². The number of carbonyl (C=O) groups is 1. The SMILES string of the molecule is Cc1ccc(Nc2cccnc2)c(OC(=O)Nc2ccnc(Cl)c2)n1. The predicted octanol–water partition coefficient (Wildman–Crippen LogP) is 4.19. The summed E-state index contributed by atoms with van der Waals surface area (Å²) in [7, 11) is 0. The monoisotopic (exact) mass is 355 g/mol. The summed E-state index contributed by atoms with van der Waals surface area (Å²) in [6, 6.07) is 10.3. The number of hydrogen-bond donors (Lipinski definition) is 2. The summed E-state index contributed by atoms with van der Waals surface area (Å²) in [6.45, 7) is 1.81. The normalized spacial score (nSPS) is 10.2. The van der Waals surface area contributed by atoms with Gasteiger partial charge in [-0.2, -0.15) is 0 Å². The lowest BCUT2D eigenvalue weighted by atomic mass is 10.3. The summed E-state index contributed by atoms with van der Waals surface area (Å²) in [4.78, 5) is 24.3. The molecule has 0 saturated heterocycles. The van der Waals surface area contributed by atoms with Crippen LogP contribution < -0.4 is 15.4 Å². The molecule has 3 aromatic heterocycles. The van der Waals surface area contributed by atoms with Gasteiger partial charge in [-0.1, -0.05) is 11.6 Å². The van der Waals surface area contributed by atoms with Gasteiger partial charge >= 0.3 is 6.09 Å². The van der Waals surface area contributed by atoms with Gasteiger partial charge in [-0.05, 0) is 43.3 Å². The summed E-state index contributed by atoms with van der Waals surface area (Å²) in [5.41, 5.74) is 2.48. The standard InChI is InChI=1S/C17H14ClN5O2/c1-11-4-5-14(22-13-3-2-7-19-10-13)16(21-11)25-17(24)23-12-6-8-20-15(18)9-12/h2-10,22H,1H3,(H,20,23,24). The predicted molar refractivity (Wildman–Crippen MR) is 95.4 cm³/mol. The number of aryl methyl sites for hydroxylation is 1. The number of rotatable bonds is 4. The first kappa shape index (κ1) is 16.7. The highest BCUT2D eigenvalue weighted by atomic mass is 35.5. The van der Waals surface area contributed by atoms with E-state index in [0.717, 1.165) is 5.69 Å². The third kappa shape index (κ3) is 4.65. The Balaban J connectivity index is 1.76. The van der Waals surface area contributed by atoms with Gasteiger partial charge in [0.1, 0.15) is 10.8 Å². The van der Waals surface area contributed by atoms with Crippen molar-refractivity contribution in [2.75, 3.05) is 10.6 Å². The number of anilines is 3. The van der Waals surface area contributed by atoms with Crippen LogP contribution in [0, 0.1) is 6.92 Å². The van der Waals surface area contributed by atoms with Crippen molar-refractivity contribution in [3.63, 3.8) is 0 Å². The number of ether oxygens (including phenoxy) is 1. The van der Waals surface area contributed by atoms with Gasteiger partial charge in [0.25, 0.3) is 0 Å². The van der Waals surface area contributed by atoms with Crippen molar-refractivity contribution in [2.45, 2.75) is 6.92 Å². The van der Waals surface area contributed by atoms with E-state index in [2.05, 4.69) is 25.6 Å². The van der Waals surface area contributed by atoms with Crippen molar-refractivity contribution in [3.05, 3.63) is 65.8 Å². The molecule has 8 heteroatoms. The van der Waals surface area contributed by atoms with Gasteiger partial charge in [-0.25, -0.2) is 14.8 Å². The molecule has 0 saturated carbocycles. The summed E-state index contributed by atoms with van der Waals surface area (Å²) < 4.78 is 5.33. The number of amides is 1. The number of halogens is 1. The molecule has 0 aromatic carbocycles. The molecule has 25 heavy (non-hydrogen) atoms. The van der Waals surface area contributed by atoms with E-state index >= 15 is 0 Å². The summed E-state index contributed by atoms with van der Waals surface area (Å²) >= 11 is 5.79. The second-order valence-corrected chi connectivity index (χ2v) is 5.44. The third-order valence-electron chi connectivity index (χ3n) is 3.10. The summed E-state index contributed by atoms with van der Waals surface area (Å²) in [6.07, 6.45) is 4.12. The van der Waals surface area contributed by atoms with E-state index in [1.165, 1.54) is 12.3 Å². The van der Waals surface area contributed by atoms with Crippen molar-refractivity contribution in [2.24, 2.45) is 0 Å². The first-order chi connectivity index (χ1) is 12.1. The van der Waals surface area contributed by atoms with E-state index < -0.39 is 6.09 Å². The van der Waals surface area contributed by atoms with Crippen molar-refractivity contribution in [1.82, 2.24) is 15.0 Å². The maximum atomic E-state index is 12.1. The minimum Gasteiger partial charge on any atom is -0.389 e. The Labute approximate surface area is 149 Å². The number of nitrogens with one attached hydrogen (secondary N) is 2. The highest BCUT2D eigenvalue weighted by molar-refractivity contribution is 6.29. The molecule has 7 nitrogen and oxygen atoms in total. The molecule has 126 valence electrons. The van der Waals surface area contributed by atoms with Crippen molar-refractivity contribution in [1.29, 1.82) is 0 Å². The Morgan fingerprint density at radius 1 is 1.16 bits per heavy atom. The summed E-state index contributed by atoms with van der Waals surface area (Å²) in [5.74, 6) is 0.154. The Morgan fingerprint density at radius 3 is 2.80 bits per heavy atom. The number of aromatic nitrogens is 3. The fourth-order valence-electron chi connectivity index (χ4n) is 2.01. The van der Waals surface area contributed by atoms with Gasteiger partial charge in [-0.15, -0.1) is 0 Å². The second-order valence-electron chi connectivity index (χ2n) is 5.05. The first-order valence-corrected chi connectivity index (χ1v) is 7.73. The van der Waals surface area contributed by atoms with Crippen molar-refractivity contribution < 1.29 is 9.53 Å². The number of nitrogens with zero attached hydrogens (tertiary/aromatic N) is 3. The van der Waals surface area contributed by atoms with E-state index in [0.29, 0.717) is 17.1 Å². The fourth-order valence-corrected chi connectivity index (χ4v) is 2.18. The largest absolute Gasteiger partial charge is 0.418 e. The van der Waals surface area contributed by atoms with Crippen molar-refractivity contribution in [3.8, 4) is 5.88 Å². The topological polar surface area (TPSA) is 89.0 Å². The van der Waals surface area contributed by atoms with Crippen LogP contribution >= 0.6 is 11.6 Å². The number of hydrogen-bond acceptors (Lipinski definition) is 6. The van der Waals surface area contributed by atoms with Gasteiger partial charge in [0.2, 0.25) is 5.88 Å². The van der Waals surface area contributed by atoms with Crippen molar-refractivity contribution >= 4 is 34.8 Å². The molecule has 0 atom stereocenters. The highest BCUT2D eigenvalue weighted by Crippen LogP contribution is 2.26. The Hall–Kier alpha value is -3.19. The minimum absolute atomic E-state index is 0.154. The van der Waals surface area contributed by atoms with Crippen LogP contribution in [0.4, 0.5) is 21.9 Å². The van der Waals surface area contributed by atoms with Crippen LogP contribution in [0.2, 0.25) is 5.15 Å².